The van der Waals surface area contributed by atoms with Crippen molar-refractivity contribution in [2.75, 3.05) is 7.11 Å². The van der Waals surface area contributed by atoms with E-state index in [9.17, 15) is 0 Å². The van der Waals surface area contributed by atoms with E-state index in [-0.39, 0.29) is 5.54 Å². The Balaban J connectivity index is 2.47. The summed E-state index contributed by atoms with van der Waals surface area (Å²) in [6.07, 6.45) is 3.14. The van der Waals surface area contributed by atoms with Crippen molar-refractivity contribution in [2.24, 2.45) is 5.73 Å². The zero-order chi connectivity index (χ0) is 11.9. The van der Waals surface area contributed by atoms with Gasteiger partial charge in [0.1, 0.15) is 5.75 Å². The monoisotopic (exact) mass is 283 g/mol. The number of methoxy groups -OCH3 is 1. The lowest BCUT2D eigenvalue weighted by Gasteiger charge is -2.18. The molecule has 0 aromatic heterocycles. The first-order chi connectivity index (χ1) is 7.47. The lowest BCUT2D eigenvalue weighted by atomic mass is 9.99. The highest BCUT2D eigenvalue weighted by Gasteiger charge is 2.39. The molecule has 0 amide bonds. The zero-order valence-corrected chi connectivity index (χ0v) is 11.6. The fraction of sp³-hybridized carbons (Fsp3) is 0.538. The molecule has 2 nitrogen and oxygen atoms in total. The Labute approximate surface area is 105 Å². The summed E-state index contributed by atoms with van der Waals surface area (Å²) in [4.78, 5) is 0. The summed E-state index contributed by atoms with van der Waals surface area (Å²) in [5, 5.41) is 0. The van der Waals surface area contributed by atoms with Crippen LogP contribution in [-0.4, -0.2) is 12.6 Å². The van der Waals surface area contributed by atoms with Gasteiger partial charge in [-0.3, -0.25) is 0 Å². The maximum Gasteiger partial charge on any atom is 0.126 e. The molecule has 0 unspecified atom stereocenters. The van der Waals surface area contributed by atoms with Gasteiger partial charge >= 0.3 is 0 Å². The summed E-state index contributed by atoms with van der Waals surface area (Å²) in [5.74, 6) is 0.981. The molecule has 0 aliphatic heterocycles. The average Bonchev–Trinajstić information content (AvgIpc) is 2.93. The molecule has 88 valence electrons. The van der Waals surface area contributed by atoms with Gasteiger partial charge in [0.2, 0.25) is 0 Å². The van der Waals surface area contributed by atoms with Crippen LogP contribution in [0, 0.1) is 13.8 Å². The van der Waals surface area contributed by atoms with Gasteiger partial charge in [-0.05, 0) is 44.2 Å². The Morgan fingerprint density at radius 3 is 2.50 bits per heavy atom. The molecule has 1 aliphatic carbocycles. The van der Waals surface area contributed by atoms with Crippen molar-refractivity contribution in [3.8, 4) is 5.75 Å². The first-order valence-corrected chi connectivity index (χ1v) is 6.37. The Kier molecular flexibility index (Phi) is 3.01. The molecule has 1 saturated carbocycles. The van der Waals surface area contributed by atoms with Crippen LogP contribution >= 0.6 is 15.9 Å². The van der Waals surface area contributed by atoms with E-state index in [0.29, 0.717) is 0 Å². The average molecular weight is 284 g/mol. The minimum Gasteiger partial charge on any atom is -0.496 e. The third-order valence-corrected chi connectivity index (χ3v) is 4.41. The lowest BCUT2D eigenvalue weighted by Crippen LogP contribution is -2.25. The minimum absolute atomic E-state index is 0.00995. The molecule has 0 heterocycles. The van der Waals surface area contributed by atoms with Crippen molar-refractivity contribution < 1.29 is 4.74 Å². The van der Waals surface area contributed by atoms with E-state index in [1.54, 1.807) is 7.11 Å². The second-order valence-corrected chi connectivity index (χ2v) is 5.67. The summed E-state index contributed by atoms with van der Waals surface area (Å²) in [7, 11) is 1.73. The predicted octanol–water partition coefficient (Wildman–Crippen LogP) is 3.11. The van der Waals surface area contributed by atoms with Crippen LogP contribution in [0.1, 0.15) is 29.5 Å². The molecular formula is C13H18BrNO. The van der Waals surface area contributed by atoms with Crippen LogP contribution in [0.3, 0.4) is 0 Å². The number of ether oxygens (including phenoxy) is 1. The Morgan fingerprint density at radius 1 is 1.38 bits per heavy atom. The molecule has 2 N–H and O–H groups in total. The molecule has 3 heteroatoms. The number of hydrogen-bond acceptors (Lipinski definition) is 2. The number of nitrogens with two attached hydrogens (primary N) is 1. The van der Waals surface area contributed by atoms with E-state index >= 15 is 0 Å². The van der Waals surface area contributed by atoms with Crippen LogP contribution in [0.25, 0.3) is 0 Å². The van der Waals surface area contributed by atoms with Crippen LogP contribution in [0.5, 0.6) is 5.75 Å². The van der Waals surface area contributed by atoms with Gasteiger partial charge in [0.05, 0.1) is 7.11 Å². The van der Waals surface area contributed by atoms with Gasteiger partial charge in [-0.25, -0.2) is 0 Å². The van der Waals surface area contributed by atoms with Crippen LogP contribution in [-0.2, 0) is 6.42 Å². The summed E-state index contributed by atoms with van der Waals surface area (Å²) in [6, 6.07) is 2.14. The fourth-order valence-corrected chi connectivity index (χ4v) is 2.60. The van der Waals surface area contributed by atoms with E-state index in [4.69, 9.17) is 10.5 Å². The third kappa shape index (κ3) is 2.11. The standard InChI is InChI=1S/C13H18BrNO/c1-8-6-9(2)12(16-3)10(11(8)14)7-13(15)4-5-13/h6H,4-5,7,15H2,1-3H3. The van der Waals surface area contributed by atoms with Crippen molar-refractivity contribution in [1.29, 1.82) is 0 Å². The Hall–Kier alpha value is -0.540. The highest BCUT2D eigenvalue weighted by Crippen LogP contribution is 2.42. The molecule has 0 bridgehead atoms. The highest BCUT2D eigenvalue weighted by atomic mass is 79.9. The van der Waals surface area contributed by atoms with Gasteiger partial charge in [0.25, 0.3) is 0 Å². The number of hydrogen-bond donors (Lipinski definition) is 1. The Bertz CT molecular complexity index is 424. The highest BCUT2D eigenvalue weighted by molar-refractivity contribution is 9.10. The van der Waals surface area contributed by atoms with E-state index in [1.165, 1.54) is 16.7 Å². The number of aryl methyl sites for hydroxylation is 2. The first-order valence-electron chi connectivity index (χ1n) is 5.58. The fourth-order valence-electron chi connectivity index (χ4n) is 2.16. The quantitative estimate of drug-likeness (QED) is 0.925. The van der Waals surface area contributed by atoms with Crippen LogP contribution in [0.2, 0.25) is 0 Å². The van der Waals surface area contributed by atoms with Crippen LogP contribution in [0.4, 0.5) is 0 Å². The second-order valence-electron chi connectivity index (χ2n) is 4.88. The molecule has 1 aromatic carbocycles. The molecule has 1 aromatic rings. The van der Waals surface area contributed by atoms with Gasteiger partial charge < -0.3 is 10.5 Å². The molecule has 2 rings (SSSR count). The minimum atomic E-state index is 0.00995. The van der Waals surface area contributed by atoms with E-state index in [0.717, 1.165) is 29.5 Å². The van der Waals surface area contributed by atoms with Crippen molar-refractivity contribution in [3.05, 3.63) is 27.2 Å². The third-order valence-electron chi connectivity index (χ3n) is 3.30. The van der Waals surface area contributed by atoms with Crippen molar-refractivity contribution >= 4 is 15.9 Å². The topological polar surface area (TPSA) is 35.2 Å². The largest absolute Gasteiger partial charge is 0.496 e. The summed E-state index contributed by atoms with van der Waals surface area (Å²) in [6.45, 7) is 4.19. The van der Waals surface area contributed by atoms with E-state index in [2.05, 4.69) is 35.8 Å². The maximum atomic E-state index is 6.19. The zero-order valence-electron chi connectivity index (χ0n) is 10.1. The van der Waals surface area contributed by atoms with Crippen LogP contribution < -0.4 is 10.5 Å². The second kappa shape index (κ2) is 4.04. The predicted molar refractivity (Wildman–Crippen MR) is 70.0 cm³/mol. The molecule has 0 saturated heterocycles. The number of benzene rings is 1. The van der Waals surface area contributed by atoms with E-state index in [1.807, 2.05) is 0 Å². The summed E-state index contributed by atoms with van der Waals surface area (Å²) >= 11 is 3.65. The van der Waals surface area contributed by atoms with Crippen molar-refractivity contribution in [1.82, 2.24) is 0 Å². The number of rotatable bonds is 3. The Morgan fingerprint density at radius 2 is 2.00 bits per heavy atom. The van der Waals surface area contributed by atoms with Gasteiger partial charge in [-0.15, -0.1) is 0 Å². The van der Waals surface area contributed by atoms with Crippen molar-refractivity contribution in [3.63, 3.8) is 0 Å². The summed E-state index contributed by atoms with van der Waals surface area (Å²) in [5.41, 5.74) is 9.86. The number of halogens is 1. The molecule has 1 fully saturated rings. The smallest absolute Gasteiger partial charge is 0.126 e. The SMILES string of the molecule is COc1c(C)cc(C)c(Br)c1CC1(N)CC1. The molecule has 16 heavy (non-hydrogen) atoms. The first kappa shape index (κ1) is 11.9. The lowest BCUT2D eigenvalue weighted by molar-refractivity contribution is 0.403. The normalized spacial score (nSPS) is 17.3. The molecule has 1 aliphatic rings. The van der Waals surface area contributed by atoms with Gasteiger partial charge in [-0.1, -0.05) is 22.0 Å². The van der Waals surface area contributed by atoms with Gasteiger partial charge in [0.15, 0.2) is 0 Å². The maximum absolute atomic E-state index is 6.19. The molecule has 0 spiro atoms. The summed E-state index contributed by atoms with van der Waals surface area (Å²) < 4.78 is 6.65. The van der Waals surface area contributed by atoms with Gasteiger partial charge in [-0.2, -0.15) is 0 Å². The van der Waals surface area contributed by atoms with Crippen LogP contribution in [0.15, 0.2) is 10.5 Å². The van der Waals surface area contributed by atoms with E-state index < -0.39 is 0 Å². The molecule has 0 radical (unpaired) electrons. The van der Waals surface area contributed by atoms with Crippen molar-refractivity contribution in [2.45, 2.75) is 38.6 Å². The molecular weight excluding hydrogens is 266 g/mol. The van der Waals surface area contributed by atoms with Gasteiger partial charge in [0, 0.05) is 15.6 Å². The molecule has 0 atom stereocenters.